The summed E-state index contributed by atoms with van der Waals surface area (Å²) in [5.74, 6) is -2.04. The summed E-state index contributed by atoms with van der Waals surface area (Å²) in [7, 11) is 0. The monoisotopic (exact) mass is 456 g/mol. The van der Waals surface area contributed by atoms with Crippen LogP contribution in [-0.2, 0) is 22.7 Å². The van der Waals surface area contributed by atoms with Crippen LogP contribution < -0.4 is 5.32 Å². The minimum atomic E-state index is -0.971. The first kappa shape index (κ1) is 22.9. The first-order valence-electron chi connectivity index (χ1n) is 11.1. The highest BCUT2D eigenvalue weighted by molar-refractivity contribution is 6.23. The van der Waals surface area contributed by atoms with Gasteiger partial charge < -0.3 is 10.0 Å². The number of carboxylic acid groups (broad SMARTS) is 1. The van der Waals surface area contributed by atoms with Crippen LogP contribution in [0.1, 0.15) is 71.9 Å². The predicted molar refractivity (Wildman–Crippen MR) is 116 cm³/mol. The Balaban J connectivity index is 1.43. The molecule has 3 heterocycles. The van der Waals surface area contributed by atoms with Gasteiger partial charge in [0.25, 0.3) is 11.8 Å². The Hall–Kier alpha value is -3.27. The number of fused-ring (bicyclic) bond motifs is 2. The van der Waals surface area contributed by atoms with Crippen LogP contribution in [-0.4, -0.2) is 74.2 Å². The standard InChI is InChI=1S/C23H28N4O6/c1-23(2,3)26(22(32)33)8-4-7-25-11-13-9-15-16(10-14(13)12-25)21(31)27(20(15)30)17-5-6-18(28)24-19(17)29/h9-10,17H,4-8,11-12H2,1-3H3,(H,32,33)(H,24,28,29). The summed E-state index contributed by atoms with van der Waals surface area (Å²) in [5, 5.41) is 11.6. The van der Waals surface area contributed by atoms with E-state index in [-0.39, 0.29) is 24.0 Å². The van der Waals surface area contributed by atoms with Crippen LogP contribution in [0.3, 0.4) is 0 Å². The van der Waals surface area contributed by atoms with E-state index in [1.807, 2.05) is 20.8 Å². The van der Waals surface area contributed by atoms with E-state index < -0.39 is 41.3 Å². The Kier molecular flexibility index (Phi) is 5.73. The molecule has 1 saturated heterocycles. The normalized spacial score (nSPS) is 20.7. The van der Waals surface area contributed by atoms with E-state index in [9.17, 15) is 29.1 Å². The average molecular weight is 456 g/mol. The van der Waals surface area contributed by atoms with Crippen molar-refractivity contribution < 1.29 is 29.1 Å². The van der Waals surface area contributed by atoms with E-state index in [2.05, 4.69) is 10.2 Å². The molecule has 5 amide bonds. The SMILES string of the molecule is CC(C)(C)N(CCCN1Cc2cc3c(cc2C1)C(=O)N(C1CCC(=O)NC1=O)C3=O)C(=O)O. The van der Waals surface area contributed by atoms with Gasteiger partial charge in [0.1, 0.15) is 6.04 Å². The summed E-state index contributed by atoms with van der Waals surface area (Å²) >= 11 is 0. The zero-order chi connectivity index (χ0) is 24.1. The quantitative estimate of drug-likeness (QED) is 0.644. The zero-order valence-electron chi connectivity index (χ0n) is 19.0. The Morgan fingerprint density at radius 2 is 1.67 bits per heavy atom. The molecule has 0 aliphatic carbocycles. The molecule has 4 rings (SSSR count). The van der Waals surface area contributed by atoms with Gasteiger partial charge in [-0.1, -0.05) is 0 Å². The third-order valence-electron chi connectivity index (χ3n) is 6.44. The number of amides is 5. The molecule has 0 bridgehead atoms. The maximum Gasteiger partial charge on any atom is 0.407 e. The molecule has 0 saturated carbocycles. The minimum absolute atomic E-state index is 0.0871. The minimum Gasteiger partial charge on any atom is -0.465 e. The predicted octanol–water partition coefficient (Wildman–Crippen LogP) is 1.57. The Bertz CT molecular complexity index is 1010. The van der Waals surface area contributed by atoms with Crippen molar-refractivity contribution in [1.29, 1.82) is 0 Å². The Morgan fingerprint density at radius 1 is 1.09 bits per heavy atom. The highest BCUT2D eigenvalue weighted by atomic mass is 16.4. The number of nitrogens with zero attached hydrogens (tertiary/aromatic N) is 3. The fourth-order valence-electron chi connectivity index (χ4n) is 4.77. The third-order valence-corrected chi connectivity index (χ3v) is 6.44. The summed E-state index contributed by atoms with van der Waals surface area (Å²) in [6, 6.07) is 2.49. The number of rotatable bonds is 5. The van der Waals surface area contributed by atoms with Gasteiger partial charge >= 0.3 is 6.09 Å². The molecule has 33 heavy (non-hydrogen) atoms. The van der Waals surface area contributed by atoms with Crippen molar-refractivity contribution in [1.82, 2.24) is 20.0 Å². The maximum absolute atomic E-state index is 13.0. The number of nitrogens with one attached hydrogen (secondary N) is 1. The van der Waals surface area contributed by atoms with Gasteiger partial charge in [-0.25, -0.2) is 4.79 Å². The second kappa shape index (κ2) is 8.26. The lowest BCUT2D eigenvalue weighted by Gasteiger charge is -2.33. The van der Waals surface area contributed by atoms with Crippen molar-refractivity contribution in [3.63, 3.8) is 0 Å². The molecule has 176 valence electrons. The van der Waals surface area contributed by atoms with Crippen LogP contribution in [0.5, 0.6) is 0 Å². The molecule has 2 N–H and O–H groups in total. The first-order valence-corrected chi connectivity index (χ1v) is 11.1. The van der Waals surface area contributed by atoms with Gasteiger partial charge in [0.2, 0.25) is 11.8 Å². The molecule has 0 aromatic heterocycles. The van der Waals surface area contributed by atoms with E-state index in [1.165, 1.54) is 4.90 Å². The van der Waals surface area contributed by atoms with E-state index in [4.69, 9.17) is 0 Å². The molecular weight excluding hydrogens is 428 g/mol. The highest BCUT2D eigenvalue weighted by Crippen LogP contribution is 2.33. The van der Waals surface area contributed by atoms with Gasteiger partial charge in [0.05, 0.1) is 11.1 Å². The van der Waals surface area contributed by atoms with Crippen LogP contribution in [0, 0.1) is 0 Å². The van der Waals surface area contributed by atoms with Gasteiger partial charge in [-0.15, -0.1) is 0 Å². The van der Waals surface area contributed by atoms with Crippen molar-refractivity contribution in [3.8, 4) is 0 Å². The highest BCUT2D eigenvalue weighted by Gasteiger charge is 2.45. The van der Waals surface area contributed by atoms with Crippen LogP contribution in [0.4, 0.5) is 4.79 Å². The summed E-state index contributed by atoms with van der Waals surface area (Å²) in [6.45, 7) is 7.89. The lowest BCUT2D eigenvalue weighted by Crippen LogP contribution is -2.54. The third kappa shape index (κ3) is 4.22. The molecule has 0 spiro atoms. The second-order valence-corrected chi connectivity index (χ2v) is 9.78. The fourth-order valence-corrected chi connectivity index (χ4v) is 4.77. The van der Waals surface area contributed by atoms with Gasteiger partial charge in [0, 0.05) is 38.1 Å². The van der Waals surface area contributed by atoms with E-state index >= 15 is 0 Å². The number of imide groups is 2. The number of carbonyl (C=O) groups is 5. The van der Waals surface area contributed by atoms with Crippen LogP contribution in [0.25, 0.3) is 0 Å². The topological polar surface area (TPSA) is 127 Å². The van der Waals surface area contributed by atoms with Gasteiger partial charge in [-0.05, 0) is 56.9 Å². The molecule has 1 unspecified atom stereocenters. The fraction of sp³-hybridized carbons (Fsp3) is 0.522. The molecule has 10 nitrogen and oxygen atoms in total. The lowest BCUT2D eigenvalue weighted by molar-refractivity contribution is -0.136. The Labute approximate surface area is 191 Å². The van der Waals surface area contributed by atoms with Gasteiger partial charge in [0.15, 0.2) is 0 Å². The number of hydrogen-bond donors (Lipinski definition) is 2. The summed E-state index contributed by atoms with van der Waals surface area (Å²) in [6.07, 6.45) is -0.0606. The van der Waals surface area contributed by atoms with Gasteiger partial charge in [-0.3, -0.25) is 34.3 Å². The molecule has 3 aliphatic heterocycles. The van der Waals surface area contributed by atoms with Crippen LogP contribution in [0.2, 0.25) is 0 Å². The average Bonchev–Trinajstić information content (AvgIpc) is 3.21. The van der Waals surface area contributed by atoms with Gasteiger partial charge in [-0.2, -0.15) is 0 Å². The molecule has 1 atom stereocenters. The van der Waals surface area contributed by atoms with Crippen LogP contribution >= 0.6 is 0 Å². The summed E-state index contributed by atoms with van der Waals surface area (Å²) < 4.78 is 0. The largest absolute Gasteiger partial charge is 0.465 e. The molecular formula is C23H28N4O6. The van der Waals surface area contributed by atoms with E-state index in [0.717, 1.165) is 16.0 Å². The zero-order valence-corrected chi connectivity index (χ0v) is 19.0. The van der Waals surface area contributed by atoms with Crippen molar-refractivity contribution in [2.45, 2.75) is 64.7 Å². The lowest BCUT2D eigenvalue weighted by atomic mass is 10.0. The van der Waals surface area contributed by atoms with E-state index in [1.54, 1.807) is 12.1 Å². The first-order chi connectivity index (χ1) is 15.5. The molecule has 0 radical (unpaired) electrons. The molecule has 1 aromatic rings. The van der Waals surface area contributed by atoms with Crippen molar-refractivity contribution in [3.05, 3.63) is 34.4 Å². The van der Waals surface area contributed by atoms with Crippen molar-refractivity contribution in [2.24, 2.45) is 0 Å². The number of carbonyl (C=O) groups excluding carboxylic acids is 4. The van der Waals surface area contributed by atoms with Crippen LogP contribution in [0.15, 0.2) is 12.1 Å². The number of hydrogen-bond acceptors (Lipinski definition) is 6. The van der Waals surface area contributed by atoms with Crippen molar-refractivity contribution in [2.75, 3.05) is 13.1 Å². The Morgan fingerprint density at radius 3 is 2.15 bits per heavy atom. The maximum atomic E-state index is 13.0. The summed E-state index contributed by atoms with van der Waals surface area (Å²) in [4.78, 5) is 65.7. The second-order valence-electron chi connectivity index (χ2n) is 9.78. The number of benzene rings is 1. The molecule has 3 aliphatic rings. The number of piperidine rings is 1. The van der Waals surface area contributed by atoms with Crippen molar-refractivity contribution >= 4 is 29.7 Å². The molecule has 10 heteroatoms. The summed E-state index contributed by atoms with van der Waals surface area (Å²) in [5.41, 5.74) is 2.00. The van der Waals surface area contributed by atoms with E-state index in [0.29, 0.717) is 32.6 Å². The molecule has 1 fully saturated rings. The smallest absolute Gasteiger partial charge is 0.407 e. The molecule has 1 aromatic carbocycles.